The number of hydrazine groups is 1. The Hall–Kier alpha value is -3.74. The Labute approximate surface area is 156 Å². The quantitative estimate of drug-likeness (QED) is 0.246. The average molecular weight is 368 g/mol. The Morgan fingerprint density at radius 2 is 1.63 bits per heavy atom. The number of aromatic hydroxyl groups is 3. The number of hydrogen-bond donors (Lipinski definition) is 5. The summed E-state index contributed by atoms with van der Waals surface area (Å²) in [6.07, 6.45) is 1.66. The highest BCUT2D eigenvalue weighted by atomic mass is 16.3. The van der Waals surface area contributed by atoms with Crippen LogP contribution in [-0.2, 0) is 4.79 Å². The van der Waals surface area contributed by atoms with E-state index in [4.69, 9.17) is 0 Å². The number of amides is 2. The number of nitrogens with one attached hydrogen (secondary N) is 2. The zero-order valence-corrected chi connectivity index (χ0v) is 14.9. The van der Waals surface area contributed by atoms with E-state index in [1.54, 1.807) is 13.0 Å². The van der Waals surface area contributed by atoms with Crippen molar-refractivity contribution in [3.63, 3.8) is 0 Å². The van der Waals surface area contributed by atoms with Gasteiger partial charge in [0.05, 0.1) is 0 Å². The highest BCUT2D eigenvalue weighted by Crippen LogP contribution is 2.35. The molecule has 0 unspecified atom stereocenters. The second-order valence-electron chi connectivity index (χ2n) is 5.97. The van der Waals surface area contributed by atoms with Crippen molar-refractivity contribution in [2.75, 3.05) is 0 Å². The van der Waals surface area contributed by atoms with Crippen LogP contribution in [-0.4, -0.2) is 27.1 Å². The van der Waals surface area contributed by atoms with Crippen molar-refractivity contribution in [3.8, 4) is 17.2 Å². The zero-order chi connectivity index (χ0) is 20.1. The Morgan fingerprint density at radius 1 is 1.04 bits per heavy atom. The fourth-order valence-corrected chi connectivity index (χ4v) is 2.28. The van der Waals surface area contributed by atoms with Crippen molar-refractivity contribution in [2.24, 2.45) is 0 Å². The molecule has 27 heavy (non-hydrogen) atoms. The first kappa shape index (κ1) is 19.6. The molecular formula is C20H20N2O5. The molecule has 0 fully saturated rings. The molecule has 7 nitrogen and oxygen atoms in total. The summed E-state index contributed by atoms with van der Waals surface area (Å²) < 4.78 is 0. The molecule has 0 atom stereocenters. The van der Waals surface area contributed by atoms with E-state index in [1.165, 1.54) is 0 Å². The van der Waals surface area contributed by atoms with Gasteiger partial charge < -0.3 is 15.3 Å². The van der Waals surface area contributed by atoms with Gasteiger partial charge in [-0.15, -0.1) is 0 Å². The lowest BCUT2D eigenvalue weighted by Crippen LogP contribution is -2.42. The fraction of sp³-hybridized carbons (Fsp3) is 0.100. The second kappa shape index (κ2) is 8.09. The SMILES string of the molecule is C=C(C)/C(=C\c1ccccc1C)C(=O)NNC(=O)c1cc(O)c(O)c(O)c1. The van der Waals surface area contributed by atoms with E-state index in [1.807, 2.05) is 31.2 Å². The van der Waals surface area contributed by atoms with Crippen LogP contribution >= 0.6 is 0 Å². The minimum Gasteiger partial charge on any atom is -0.504 e. The lowest BCUT2D eigenvalue weighted by atomic mass is 10.0. The Balaban J connectivity index is 2.16. The molecule has 5 N–H and O–H groups in total. The van der Waals surface area contributed by atoms with E-state index >= 15 is 0 Å². The van der Waals surface area contributed by atoms with E-state index in [2.05, 4.69) is 17.4 Å². The minimum absolute atomic E-state index is 0.150. The highest BCUT2D eigenvalue weighted by Gasteiger charge is 2.16. The predicted octanol–water partition coefficient (Wildman–Crippen LogP) is 2.53. The van der Waals surface area contributed by atoms with Crippen molar-refractivity contribution in [1.82, 2.24) is 10.9 Å². The third kappa shape index (κ3) is 4.66. The van der Waals surface area contributed by atoms with Crippen molar-refractivity contribution < 1.29 is 24.9 Å². The molecule has 0 aliphatic carbocycles. The van der Waals surface area contributed by atoms with Gasteiger partial charge in [-0.3, -0.25) is 20.4 Å². The standard InChI is InChI=1S/C20H20N2O5/c1-11(2)15(8-13-7-5-4-6-12(13)3)20(27)22-21-19(26)14-9-16(23)18(25)17(24)10-14/h4-10,23-25H,1H2,2-3H3,(H,21,26)(H,22,27)/b15-8+. The summed E-state index contributed by atoms with van der Waals surface area (Å²) in [5.41, 5.74) is 6.89. The summed E-state index contributed by atoms with van der Waals surface area (Å²) in [5.74, 6) is -3.42. The summed E-state index contributed by atoms with van der Waals surface area (Å²) in [5, 5.41) is 28.2. The van der Waals surface area contributed by atoms with Crippen LogP contribution in [0.1, 0.15) is 28.4 Å². The maximum Gasteiger partial charge on any atom is 0.269 e. The summed E-state index contributed by atoms with van der Waals surface area (Å²) in [7, 11) is 0. The molecule has 0 saturated carbocycles. The van der Waals surface area contributed by atoms with Gasteiger partial charge in [0.1, 0.15) is 0 Å². The van der Waals surface area contributed by atoms with Gasteiger partial charge in [-0.05, 0) is 48.8 Å². The first-order valence-electron chi connectivity index (χ1n) is 7.99. The molecule has 0 aliphatic heterocycles. The van der Waals surface area contributed by atoms with Crippen LogP contribution in [0.25, 0.3) is 6.08 Å². The Bertz CT molecular complexity index is 924. The molecule has 140 valence electrons. The van der Waals surface area contributed by atoms with Gasteiger partial charge in [0.2, 0.25) is 0 Å². The van der Waals surface area contributed by atoms with Crippen molar-refractivity contribution >= 4 is 17.9 Å². The lowest BCUT2D eigenvalue weighted by Gasteiger charge is -2.12. The minimum atomic E-state index is -0.786. The number of phenols is 3. The lowest BCUT2D eigenvalue weighted by molar-refractivity contribution is -0.117. The monoisotopic (exact) mass is 368 g/mol. The summed E-state index contributed by atoms with van der Waals surface area (Å²) in [6.45, 7) is 7.36. The molecule has 0 aliphatic rings. The van der Waals surface area contributed by atoms with Crippen LogP contribution in [0.3, 0.4) is 0 Å². The number of aryl methyl sites for hydroxylation is 1. The smallest absolute Gasteiger partial charge is 0.269 e. The fourth-order valence-electron chi connectivity index (χ4n) is 2.28. The summed E-state index contributed by atoms with van der Waals surface area (Å²) in [6, 6.07) is 9.41. The van der Waals surface area contributed by atoms with E-state index in [0.717, 1.165) is 23.3 Å². The van der Waals surface area contributed by atoms with Gasteiger partial charge in [-0.2, -0.15) is 0 Å². The molecular weight excluding hydrogens is 348 g/mol. The summed E-state index contributed by atoms with van der Waals surface area (Å²) >= 11 is 0. The topological polar surface area (TPSA) is 119 Å². The van der Waals surface area contributed by atoms with E-state index in [0.29, 0.717) is 5.57 Å². The second-order valence-corrected chi connectivity index (χ2v) is 5.97. The van der Waals surface area contributed by atoms with E-state index in [-0.39, 0.29) is 11.1 Å². The molecule has 0 saturated heterocycles. The van der Waals surface area contributed by atoms with Gasteiger partial charge in [-0.25, -0.2) is 0 Å². The van der Waals surface area contributed by atoms with Crippen molar-refractivity contribution in [1.29, 1.82) is 0 Å². The molecule has 0 heterocycles. The van der Waals surface area contributed by atoms with Crippen LogP contribution in [0, 0.1) is 6.92 Å². The largest absolute Gasteiger partial charge is 0.504 e. The van der Waals surface area contributed by atoms with Crippen LogP contribution in [0.15, 0.2) is 54.1 Å². The molecule has 7 heteroatoms. The number of carbonyl (C=O) groups excluding carboxylic acids is 2. The molecule has 2 aromatic carbocycles. The Kier molecular flexibility index (Phi) is 5.87. The van der Waals surface area contributed by atoms with Crippen molar-refractivity contribution in [2.45, 2.75) is 13.8 Å². The number of rotatable bonds is 4. The molecule has 2 aromatic rings. The summed E-state index contributed by atoms with van der Waals surface area (Å²) in [4.78, 5) is 24.5. The van der Waals surface area contributed by atoms with Crippen LogP contribution in [0.5, 0.6) is 17.2 Å². The molecule has 2 amide bonds. The van der Waals surface area contributed by atoms with E-state index in [9.17, 15) is 24.9 Å². The number of carbonyl (C=O) groups is 2. The maximum absolute atomic E-state index is 12.4. The van der Waals surface area contributed by atoms with Gasteiger partial charge in [-0.1, -0.05) is 30.8 Å². The van der Waals surface area contributed by atoms with Crippen LogP contribution in [0.4, 0.5) is 0 Å². The van der Waals surface area contributed by atoms with Crippen molar-refractivity contribution in [3.05, 3.63) is 70.8 Å². The van der Waals surface area contributed by atoms with Gasteiger partial charge in [0.15, 0.2) is 17.2 Å². The average Bonchev–Trinajstić information content (AvgIpc) is 2.62. The molecule has 2 rings (SSSR count). The Morgan fingerprint density at radius 3 is 2.19 bits per heavy atom. The first-order chi connectivity index (χ1) is 12.7. The van der Waals surface area contributed by atoms with Crippen LogP contribution < -0.4 is 10.9 Å². The van der Waals surface area contributed by atoms with Gasteiger partial charge in [0.25, 0.3) is 11.8 Å². The number of phenolic OH excluding ortho intramolecular Hbond substituents is 3. The van der Waals surface area contributed by atoms with Gasteiger partial charge >= 0.3 is 0 Å². The normalized spacial score (nSPS) is 11.0. The predicted molar refractivity (Wildman–Crippen MR) is 101 cm³/mol. The number of benzene rings is 2. The molecule has 0 spiro atoms. The molecule has 0 radical (unpaired) electrons. The zero-order valence-electron chi connectivity index (χ0n) is 14.9. The van der Waals surface area contributed by atoms with Crippen LogP contribution in [0.2, 0.25) is 0 Å². The van der Waals surface area contributed by atoms with E-state index < -0.39 is 29.1 Å². The first-order valence-corrected chi connectivity index (χ1v) is 7.99. The molecule has 0 aromatic heterocycles. The highest BCUT2D eigenvalue weighted by molar-refractivity contribution is 6.04. The third-order valence-corrected chi connectivity index (χ3v) is 3.81. The molecule has 0 bridgehead atoms. The third-order valence-electron chi connectivity index (χ3n) is 3.81. The van der Waals surface area contributed by atoms with Gasteiger partial charge in [0, 0.05) is 11.1 Å². The number of hydrogen-bond acceptors (Lipinski definition) is 5. The maximum atomic E-state index is 12.4.